The van der Waals surface area contributed by atoms with Gasteiger partial charge in [-0.3, -0.25) is 4.79 Å². The molecule has 9 atom stereocenters. The summed E-state index contributed by atoms with van der Waals surface area (Å²) in [4.78, 5) is 13.0. The summed E-state index contributed by atoms with van der Waals surface area (Å²) in [5, 5.41) is 75.0. The van der Waals surface area contributed by atoms with E-state index in [4.69, 9.17) is 9.47 Å². The molecule has 8 N–H and O–H groups in total. The van der Waals surface area contributed by atoms with Gasteiger partial charge in [-0.1, -0.05) is 168 Å². The second kappa shape index (κ2) is 31.5. The van der Waals surface area contributed by atoms with Crippen molar-refractivity contribution in [1.82, 2.24) is 5.32 Å². The second-order valence-corrected chi connectivity index (χ2v) is 15.1. The molecule has 1 saturated heterocycles. The number of aliphatic hydroxyl groups is 7. The summed E-state index contributed by atoms with van der Waals surface area (Å²) >= 11 is 0. The van der Waals surface area contributed by atoms with Crippen molar-refractivity contribution in [2.45, 2.75) is 236 Å². The first-order valence-corrected chi connectivity index (χ1v) is 20.9. The second-order valence-electron chi connectivity index (χ2n) is 15.1. The zero-order valence-corrected chi connectivity index (χ0v) is 32.4. The molecule has 0 aromatic rings. The predicted octanol–water partition coefficient (Wildman–Crippen LogP) is 5.55. The van der Waals surface area contributed by atoms with Crippen molar-refractivity contribution < 1.29 is 50.0 Å². The van der Waals surface area contributed by atoms with Crippen LogP contribution in [0.5, 0.6) is 0 Å². The molecule has 0 spiro atoms. The molecule has 1 amide bonds. The number of amides is 1. The molecule has 304 valence electrons. The number of hydrogen-bond acceptors (Lipinski definition) is 10. The Bertz CT molecular complexity index is 805. The van der Waals surface area contributed by atoms with Gasteiger partial charge in [0.1, 0.15) is 36.6 Å². The summed E-state index contributed by atoms with van der Waals surface area (Å²) in [5.41, 5.74) is 0. The summed E-state index contributed by atoms with van der Waals surface area (Å²) in [6.07, 6.45) is 17.7. The molecule has 0 radical (unpaired) electrons. The number of ether oxygens (including phenoxy) is 2. The molecule has 9 unspecified atom stereocenters. The molecule has 51 heavy (non-hydrogen) atoms. The quantitative estimate of drug-likeness (QED) is 0.0390. The van der Waals surface area contributed by atoms with E-state index in [1.54, 1.807) is 0 Å². The van der Waals surface area contributed by atoms with Crippen LogP contribution in [0.2, 0.25) is 0 Å². The Morgan fingerprint density at radius 3 is 1.45 bits per heavy atom. The molecule has 0 aliphatic carbocycles. The first kappa shape index (κ1) is 48.1. The van der Waals surface area contributed by atoms with E-state index in [1.807, 2.05) is 0 Å². The van der Waals surface area contributed by atoms with Crippen molar-refractivity contribution in [3.8, 4) is 0 Å². The molecule has 1 aliphatic heterocycles. The molecule has 11 heteroatoms. The molecule has 1 aliphatic rings. The lowest BCUT2D eigenvalue weighted by Crippen LogP contribution is -2.60. The predicted molar refractivity (Wildman–Crippen MR) is 201 cm³/mol. The van der Waals surface area contributed by atoms with E-state index in [0.717, 1.165) is 51.4 Å². The van der Waals surface area contributed by atoms with Crippen LogP contribution in [0.15, 0.2) is 0 Å². The van der Waals surface area contributed by atoms with E-state index in [-0.39, 0.29) is 6.42 Å². The minimum absolute atomic E-state index is 0.265. The SMILES string of the molecule is CCCCCCCCCCCCCCCCCCCCC(O)C(=O)NC(COC1OC(CO)C(O)C(O)C1O)C(O)C(O)CCCCCCCC. The Morgan fingerprint density at radius 2 is 1.02 bits per heavy atom. The largest absolute Gasteiger partial charge is 0.394 e. The first-order valence-electron chi connectivity index (χ1n) is 20.9. The van der Waals surface area contributed by atoms with E-state index in [0.29, 0.717) is 19.3 Å². The van der Waals surface area contributed by atoms with Crippen LogP contribution in [0.4, 0.5) is 0 Å². The highest BCUT2D eigenvalue weighted by molar-refractivity contribution is 5.80. The monoisotopic (exact) mass is 734 g/mol. The summed E-state index contributed by atoms with van der Waals surface area (Å²) in [5.74, 6) is -0.699. The zero-order chi connectivity index (χ0) is 37.7. The van der Waals surface area contributed by atoms with Crippen LogP contribution in [0.1, 0.15) is 181 Å². The molecular formula is C40H79NO10. The van der Waals surface area contributed by atoms with Gasteiger partial charge in [0.2, 0.25) is 5.91 Å². The van der Waals surface area contributed by atoms with Crippen LogP contribution >= 0.6 is 0 Å². The summed E-state index contributed by atoms with van der Waals surface area (Å²) in [7, 11) is 0. The number of rotatable bonds is 34. The Labute approximate surface area is 309 Å². The Hall–Kier alpha value is -0.890. The summed E-state index contributed by atoms with van der Waals surface area (Å²) < 4.78 is 11.0. The zero-order valence-electron chi connectivity index (χ0n) is 32.4. The van der Waals surface area contributed by atoms with Crippen molar-refractivity contribution in [1.29, 1.82) is 0 Å². The fraction of sp³-hybridized carbons (Fsp3) is 0.975. The lowest BCUT2D eigenvalue weighted by molar-refractivity contribution is -0.303. The highest BCUT2D eigenvalue weighted by atomic mass is 16.7. The third-order valence-corrected chi connectivity index (χ3v) is 10.4. The van der Waals surface area contributed by atoms with Gasteiger partial charge in [0.15, 0.2) is 6.29 Å². The van der Waals surface area contributed by atoms with Gasteiger partial charge in [-0.05, 0) is 12.8 Å². The molecule has 11 nitrogen and oxygen atoms in total. The molecule has 1 heterocycles. The molecule has 1 fully saturated rings. The van der Waals surface area contributed by atoms with Crippen LogP contribution in [0, 0.1) is 0 Å². The maximum atomic E-state index is 13.0. The lowest BCUT2D eigenvalue weighted by atomic mass is 9.98. The van der Waals surface area contributed by atoms with Crippen molar-refractivity contribution in [3.05, 3.63) is 0 Å². The first-order chi connectivity index (χ1) is 24.7. The maximum absolute atomic E-state index is 13.0. The third kappa shape index (κ3) is 22.2. The molecule has 0 saturated carbocycles. The smallest absolute Gasteiger partial charge is 0.249 e. The minimum atomic E-state index is -1.65. The van der Waals surface area contributed by atoms with E-state index < -0.39 is 74.2 Å². The number of unbranched alkanes of at least 4 members (excludes halogenated alkanes) is 22. The fourth-order valence-electron chi connectivity index (χ4n) is 6.85. The number of nitrogens with one attached hydrogen (secondary N) is 1. The third-order valence-electron chi connectivity index (χ3n) is 10.4. The van der Waals surface area contributed by atoms with Gasteiger partial charge in [0, 0.05) is 0 Å². The average Bonchev–Trinajstić information content (AvgIpc) is 3.13. The Morgan fingerprint density at radius 1 is 0.608 bits per heavy atom. The molecular weight excluding hydrogens is 654 g/mol. The van der Waals surface area contributed by atoms with E-state index >= 15 is 0 Å². The van der Waals surface area contributed by atoms with Gasteiger partial charge in [0.05, 0.1) is 25.4 Å². The summed E-state index contributed by atoms with van der Waals surface area (Å²) in [6.45, 7) is 3.35. The normalized spacial score (nSPS) is 23.2. The topological polar surface area (TPSA) is 189 Å². The van der Waals surface area contributed by atoms with Crippen LogP contribution < -0.4 is 5.32 Å². The molecule has 0 aromatic carbocycles. The van der Waals surface area contributed by atoms with Gasteiger partial charge >= 0.3 is 0 Å². The lowest BCUT2D eigenvalue weighted by Gasteiger charge is -2.40. The van der Waals surface area contributed by atoms with Crippen molar-refractivity contribution in [2.75, 3.05) is 13.2 Å². The van der Waals surface area contributed by atoms with Crippen LogP contribution in [0.3, 0.4) is 0 Å². The van der Waals surface area contributed by atoms with Crippen LogP contribution in [0.25, 0.3) is 0 Å². The van der Waals surface area contributed by atoms with Gasteiger partial charge in [-0.2, -0.15) is 0 Å². The van der Waals surface area contributed by atoms with Gasteiger partial charge in [0.25, 0.3) is 0 Å². The molecule has 0 bridgehead atoms. The maximum Gasteiger partial charge on any atom is 0.249 e. The molecule has 1 rings (SSSR count). The fourth-order valence-corrected chi connectivity index (χ4v) is 6.85. The summed E-state index contributed by atoms with van der Waals surface area (Å²) in [6, 6.07) is -1.16. The van der Waals surface area contributed by atoms with Crippen molar-refractivity contribution >= 4 is 5.91 Å². The van der Waals surface area contributed by atoms with E-state index in [1.165, 1.54) is 89.9 Å². The van der Waals surface area contributed by atoms with Gasteiger partial charge in [-0.15, -0.1) is 0 Å². The number of carbonyl (C=O) groups is 1. The van der Waals surface area contributed by atoms with Gasteiger partial charge in [-0.25, -0.2) is 0 Å². The number of carbonyl (C=O) groups excluding carboxylic acids is 1. The van der Waals surface area contributed by atoms with E-state index in [2.05, 4.69) is 19.2 Å². The van der Waals surface area contributed by atoms with Crippen LogP contribution in [-0.4, -0.2) is 110 Å². The standard InChI is InChI=1S/C40H79NO10/c1-3-5-7-9-11-12-13-14-15-16-17-18-19-20-21-22-24-26-28-33(44)39(49)41-31(35(45)32(43)27-25-23-10-8-6-4-2)30-50-40-38(48)37(47)36(46)34(29-42)51-40/h31-38,40,42-48H,3-30H2,1-2H3,(H,41,49). The highest BCUT2D eigenvalue weighted by Gasteiger charge is 2.44. The Kier molecular flexibility index (Phi) is 29.7. The highest BCUT2D eigenvalue weighted by Crippen LogP contribution is 2.23. The molecule has 0 aromatic heterocycles. The van der Waals surface area contributed by atoms with Crippen molar-refractivity contribution in [2.24, 2.45) is 0 Å². The number of aliphatic hydroxyl groups excluding tert-OH is 7. The van der Waals surface area contributed by atoms with Crippen molar-refractivity contribution in [3.63, 3.8) is 0 Å². The van der Waals surface area contributed by atoms with E-state index in [9.17, 15) is 40.5 Å². The van der Waals surface area contributed by atoms with Crippen LogP contribution in [-0.2, 0) is 14.3 Å². The Balaban J connectivity index is 2.39. The average molecular weight is 734 g/mol. The minimum Gasteiger partial charge on any atom is -0.394 e. The van der Waals surface area contributed by atoms with Gasteiger partial charge < -0.3 is 50.5 Å². The number of hydrogen-bond donors (Lipinski definition) is 8.